The fraction of sp³-hybridized carbons (Fsp3) is 0.185. The number of benzene rings is 3. The molecular formula is C27H25Br2N3O4. The Bertz CT molecular complexity index is 1380. The van der Waals surface area contributed by atoms with E-state index in [2.05, 4.69) is 85.2 Å². The van der Waals surface area contributed by atoms with Crippen LogP contribution in [0, 0.1) is 0 Å². The van der Waals surface area contributed by atoms with Crippen LogP contribution < -0.4 is 10.1 Å². The smallest absolute Gasteiger partial charge is 0.394 e. The van der Waals surface area contributed by atoms with Gasteiger partial charge in [-0.2, -0.15) is 0 Å². The molecule has 9 heteroatoms. The van der Waals surface area contributed by atoms with Gasteiger partial charge in [-0.1, -0.05) is 30.3 Å². The first-order valence-corrected chi connectivity index (χ1v) is 12.9. The number of hydrogen-bond acceptors (Lipinski definition) is 4. The number of aromatic amines is 1. The molecule has 0 aliphatic heterocycles. The summed E-state index contributed by atoms with van der Waals surface area (Å²) in [5, 5.41) is 12.2. The van der Waals surface area contributed by atoms with Crippen molar-refractivity contribution in [3.8, 4) is 11.5 Å². The molecule has 0 spiro atoms. The van der Waals surface area contributed by atoms with Crippen molar-refractivity contribution in [1.82, 2.24) is 9.88 Å². The molecule has 0 aliphatic rings. The summed E-state index contributed by atoms with van der Waals surface area (Å²) in [4.78, 5) is 28.1. The van der Waals surface area contributed by atoms with Crippen LogP contribution in [0.4, 0.5) is 5.69 Å². The van der Waals surface area contributed by atoms with Crippen molar-refractivity contribution in [2.24, 2.45) is 0 Å². The lowest BCUT2D eigenvalue weighted by Crippen LogP contribution is -2.29. The van der Waals surface area contributed by atoms with Gasteiger partial charge in [0.1, 0.15) is 5.75 Å². The summed E-state index contributed by atoms with van der Waals surface area (Å²) in [6, 6.07) is 19.8. The monoisotopic (exact) mass is 613 g/mol. The van der Waals surface area contributed by atoms with Crippen LogP contribution in [0.1, 0.15) is 25.0 Å². The summed E-state index contributed by atoms with van der Waals surface area (Å²) in [6.45, 7) is 6.03. The lowest BCUT2D eigenvalue weighted by molar-refractivity contribution is -0.147. The average Bonchev–Trinajstić information content (AvgIpc) is 3.23. The Balaban J connectivity index is 1.57. The number of fused-ring (bicyclic) bond motifs is 1. The van der Waals surface area contributed by atoms with Crippen molar-refractivity contribution < 1.29 is 19.4 Å². The number of carboxylic acid groups (broad SMARTS) is 1. The minimum absolute atomic E-state index is 0.323. The Kier molecular flexibility index (Phi) is 8.13. The Morgan fingerprint density at radius 2 is 1.72 bits per heavy atom. The summed E-state index contributed by atoms with van der Waals surface area (Å²) in [6.07, 6.45) is 2.04. The zero-order valence-electron chi connectivity index (χ0n) is 19.7. The van der Waals surface area contributed by atoms with E-state index in [0.717, 1.165) is 24.0 Å². The van der Waals surface area contributed by atoms with Crippen LogP contribution in [0.2, 0.25) is 0 Å². The van der Waals surface area contributed by atoms with Crippen LogP contribution in [-0.4, -0.2) is 32.9 Å². The van der Waals surface area contributed by atoms with Crippen molar-refractivity contribution in [2.45, 2.75) is 33.0 Å². The molecule has 0 bridgehead atoms. The number of aromatic nitrogens is 1. The Labute approximate surface area is 225 Å². The Morgan fingerprint density at radius 1 is 1.03 bits per heavy atom. The molecule has 0 unspecified atom stereocenters. The first-order valence-electron chi connectivity index (χ1n) is 11.3. The van der Waals surface area contributed by atoms with Gasteiger partial charge >= 0.3 is 11.9 Å². The molecule has 1 amide bonds. The van der Waals surface area contributed by atoms with Gasteiger partial charge in [-0.15, -0.1) is 0 Å². The van der Waals surface area contributed by atoms with E-state index in [1.165, 1.54) is 11.1 Å². The highest BCUT2D eigenvalue weighted by Gasteiger charge is 2.17. The maximum atomic E-state index is 11.5. The molecule has 0 radical (unpaired) electrons. The molecule has 1 aromatic heterocycles. The summed E-state index contributed by atoms with van der Waals surface area (Å²) in [5.41, 5.74) is 3.78. The van der Waals surface area contributed by atoms with Crippen molar-refractivity contribution >= 4 is 60.3 Å². The second kappa shape index (κ2) is 11.3. The van der Waals surface area contributed by atoms with Crippen molar-refractivity contribution in [2.75, 3.05) is 5.32 Å². The molecule has 0 saturated heterocycles. The number of ether oxygens (including phenoxy) is 1. The van der Waals surface area contributed by atoms with E-state index in [4.69, 9.17) is 9.84 Å². The third kappa shape index (κ3) is 6.16. The number of aliphatic carboxylic acids is 1. The van der Waals surface area contributed by atoms with Crippen LogP contribution >= 0.6 is 31.9 Å². The van der Waals surface area contributed by atoms with Crippen LogP contribution in [0.25, 0.3) is 10.9 Å². The molecule has 0 aliphatic carbocycles. The first kappa shape index (κ1) is 25.9. The van der Waals surface area contributed by atoms with Gasteiger partial charge in [0, 0.05) is 41.9 Å². The highest BCUT2D eigenvalue weighted by Crippen LogP contribution is 2.40. The fourth-order valence-corrected chi connectivity index (χ4v) is 5.19. The lowest BCUT2D eigenvalue weighted by atomic mass is 10.1. The normalized spacial score (nSPS) is 11.3. The van der Waals surface area contributed by atoms with E-state index in [1.54, 1.807) is 12.1 Å². The van der Waals surface area contributed by atoms with Gasteiger partial charge < -0.3 is 20.1 Å². The van der Waals surface area contributed by atoms with Gasteiger partial charge in [-0.05, 0) is 87.2 Å². The predicted molar refractivity (Wildman–Crippen MR) is 147 cm³/mol. The molecule has 186 valence electrons. The van der Waals surface area contributed by atoms with Crippen LogP contribution in [-0.2, 0) is 22.7 Å². The number of carbonyl (C=O) groups excluding carboxylic acids is 1. The maximum Gasteiger partial charge on any atom is 0.394 e. The third-order valence-electron chi connectivity index (χ3n) is 5.74. The number of H-pyrrole nitrogens is 1. The fourth-order valence-electron chi connectivity index (χ4n) is 3.84. The van der Waals surface area contributed by atoms with Gasteiger partial charge in [-0.3, -0.25) is 9.69 Å². The summed E-state index contributed by atoms with van der Waals surface area (Å²) < 4.78 is 7.29. The van der Waals surface area contributed by atoms with Gasteiger partial charge in [0.15, 0.2) is 5.75 Å². The zero-order chi connectivity index (χ0) is 25.8. The molecule has 3 aromatic carbocycles. The van der Waals surface area contributed by atoms with Crippen molar-refractivity contribution in [3.05, 3.63) is 86.9 Å². The molecular weight excluding hydrogens is 590 g/mol. The van der Waals surface area contributed by atoms with E-state index in [-0.39, 0.29) is 0 Å². The standard InChI is InChI=1S/C27H25Br2N3O4/c1-16(2)32(14-17-6-4-3-5-7-17)15-18-13-30-24-9-8-20(12-21(18)24)36-25-22(28)10-19(11-23(25)29)31-26(33)27(34)35/h3-13,16,30H,14-15H2,1-2H3,(H,31,33)(H,34,35). The first-order chi connectivity index (χ1) is 17.2. The van der Waals surface area contributed by atoms with Crippen LogP contribution in [0.3, 0.4) is 0 Å². The number of rotatable bonds is 8. The number of hydrogen-bond donors (Lipinski definition) is 3. The van der Waals surface area contributed by atoms with Crippen molar-refractivity contribution in [1.29, 1.82) is 0 Å². The average molecular weight is 615 g/mol. The SMILES string of the molecule is CC(C)N(Cc1ccccc1)Cc1c[nH]c2ccc(Oc3c(Br)cc(NC(=O)C(=O)O)cc3Br)cc12. The molecule has 0 atom stereocenters. The molecule has 1 heterocycles. The zero-order valence-corrected chi connectivity index (χ0v) is 22.9. The summed E-state index contributed by atoms with van der Waals surface area (Å²) >= 11 is 6.91. The second-order valence-electron chi connectivity index (χ2n) is 8.64. The van der Waals surface area contributed by atoms with Crippen molar-refractivity contribution in [3.63, 3.8) is 0 Å². The third-order valence-corrected chi connectivity index (χ3v) is 6.92. The number of anilines is 1. The van der Waals surface area contributed by atoms with E-state index in [9.17, 15) is 9.59 Å². The molecule has 36 heavy (non-hydrogen) atoms. The van der Waals surface area contributed by atoms with Gasteiger partial charge in [0.25, 0.3) is 0 Å². The molecule has 4 rings (SSSR count). The topological polar surface area (TPSA) is 94.7 Å². The van der Waals surface area contributed by atoms with Gasteiger partial charge in [0.2, 0.25) is 0 Å². The van der Waals surface area contributed by atoms with E-state index >= 15 is 0 Å². The number of nitrogens with one attached hydrogen (secondary N) is 2. The largest absolute Gasteiger partial charge is 0.474 e. The molecule has 3 N–H and O–H groups in total. The molecule has 7 nitrogen and oxygen atoms in total. The number of carbonyl (C=O) groups is 2. The molecule has 0 saturated carbocycles. The Morgan fingerprint density at radius 3 is 2.36 bits per heavy atom. The minimum atomic E-state index is -1.56. The summed E-state index contributed by atoms with van der Waals surface area (Å²) in [5.74, 6) is -1.52. The number of amides is 1. The molecule has 0 fully saturated rings. The van der Waals surface area contributed by atoms with E-state index in [1.807, 2.05) is 30.5 Å². The van der Waals surface area contributed by atoms with Crippen LogP contribution in [0.15, 0.2) is 75.8 Å². The predicted octanol–water partition coefficient (Wildman–Crippen LogP) is 6.92. The number of nitrogens with zero attached hydrogens (tertiary/aromatic N) is 1. The number of carboxylic acids is 1. The summed E-state index contributed by atoms with van der Waals surface area (Å²) in [7, 11) is 0. The lowest BCUT2D eigenvalue weighted by Gasteiger charge is -2.26. The van der Waals surface area contributed by atoms with E-state index < -0.39 is 11.9 Å². The highest BCUT2D eigenvalue weighted by atomic mass is 79.9. The van der Waals surface area contributed by atoms with Gasteiger partial charge in [0.05, 0.1) is 8.95 Å². The minimum Gasteiger partial charge on any atom is -0.474 e. The number of halogens is 2. The Hall–Kier alpha value is -3.14. The quantitative estimate of drug-likeness (QED) is 0.187. The molecule has 4 aromatic rings. The van der Waals surface area contributed by atoms with Crippen LogP contribution in [0.5, 0.6) is 11.5 Å². The highest BCUT2D eigenvalue weighted by molar-refractivity contribution is 9.11. The van der Waals surface area contributed by atoms with Gasteiger partial charge in [-0.25, -0.2) is 4.79 Å². The maximum absolute atomic E-state index is 11.5. The second-order valence-corrected chi connectivity index (χ2v) is 10.3. The van der Waals surface area contributed by atoms with E-state index in [0.29, 0.717) is 32.2 Å².